The molecule has 2 bridgehead atoms. The lowest BCUT2D eigenvalue weighted by atomic mass is 9.63. The lowest BCUT2D eigenvalue weighted by Gasteiger charge is -2.37. The van der Waals surface area contributed by atoms with Gasteiger partial charge in [0.15, 0.2) is 0 Å². The number of rotatable bonds is 5. The summed E-state index contributed by atoms with van der Waals surface area (Å²) < 4.78 is 6.51. The lowest BCUT2D eigenvalue weighted by molar-refractivity contribution is -0.153. The largest absolute Gasteiger partial charge is 0.425 e. The second-order valence-corrected chi connectivity index (χ2v) is 10.2. The van der Waals surface area contributed by atoms with Crippen LogP contribution in [0.1, 0.15) is 12.0 Å². The van der Waals surface area contributed by atoms with Gasteiger partial charge in [-0.15, -0.1) is 0 Å². The molecule has 0 spiro atoms. The van der Waals surface area contributed by atoms with Gasteiger partial charge in [0.1, 0.15) is 11.8 Å². The van der Waals surface area contributed by atoms with Crippen LogP contribution in [0.4, 0.5) is 0 Å². The molecule has 3 fully saturated rings. The van der Waals surface area contributed by atoms with Crippen molar-refractivity contribution in [3.05, 3.63) is 76.8 Å². The highest BCUT2D eigenvalue weighted by molar-refractivity contribution is 9.10. The van der Waals surface area contributed by atoms with Crippen LogP contribution in [0.15, 0.2) is 71.2 Å². The molecule has 6 heteroatoms. The number of imide groups is 1. The highest BCUT2D eigenvalue weighted by atomic mass is 79.9. The smallest absolute Gasteiger partial charge is 0.335 e. The minimum Gasteiger partial charge on any atom is -0.425 e. The first-order valence-electron chi connectivity index (χ1n) is 11.1. The molecule has 32 heavy (non-hydrogen) atoms. The van der Waals surface area contributed by atoms with E-state index in [-0.39, 0.29) is 41.9 Å². The highest BCUT2D eigenvalue weighted by Crippen LogP contribution is 2.65. The third-order valence-corrected chi connectivity index (χ3v) is 8.11. The van der Waals surface area contributed by atoms with Gasteiger partial charge in [-0.25, -0.2) is 4.79 Å². The Balaban J connectivity index is 1.33. The molecule has 2 aromatic carbocycles. The maximum atomic E-state index is 13.6. The van der Waals surface area contributed by atoms with E-state index in [1.165, 1.54) is 4.90 Å². The summed E-state index contributed by atoms with van der Waals surface area (Å²) in [5, 5.41) is 0. The van der Waals surface area contributed by atoms with E-state index >= 15 is 0 Å². The molecule has 7 atom stereocenters. The van der Waals surface area contributed by atoms with E-state index in [0.29, 0.717) is 17.6 Å². The van der Waals surface area contributed by atoms with Crippen molar-refractivity contribution in [3.63, 3.8) is 0 Å². The fourth-order valence-corrected chi connectivity index (χ4v) is 6.36. The average Bonchev–Trinajstić information content (AvgIpc) is 3.58. The van der Waals surface area contributed by atoms with Gasteiger partial charge in [0.05, 0.1) is 11.8 Å². The molecule has 0 radical (unpaired) electrons. The van der Waals surface area contributed by atoms with Crippen LogP contribution in [-0.2, 0) is 20.8 Å². The van der Waals surface area contributed by atoms with E-state index in [1.54, 1.807) is 24.3 Å². The maximum absolute atomic E-state index is 13.6. The van der Waals surface area contributed by atoms with E-state index in [9.17, 15) is 14.4 Å². The lowest BCUT2D eigenvalue weighted by Crippen LogP contribution is -2.48. The number of nitrogens with zero attached hydrogens (tertiary/aromatic N) is 1. The first-order chi connectivity index (χ1) is 15.5. The monoisotopic (exact) mass is 491 g/mol. The molecule has 162 valence electrons. The van der Waals surface area contributed by atoms with Gasteiger partial charge in [-0.05, 0) is 59.9 Å². The van der Waals surface area contributed by atoms with Gasteiger partial charge in [0.2, 0.25) is 11.8 Å². The Hall–Kier alpha value is -2.73. The number of hydrogen-bond acceptors (Lipinski definition) is 4. The Labute approximate surface area is 194 Å². The van der Waals surface area contributed by atoms with Crippen LogP contribution in [0, 0.1) is 35.5 Å². The van der Waals surface area contributed by atoms with Crippen molar-refractivity contribution in [2.24, 2.45) is 35.5 Å². The van der Waals surface area contributed by atoms with Gasteiger partial charge in [-0.3, -0.25) is 14.5 Å². The molecular weight excluding hydrogens is 470 g/mol. The van der Waals surface area contributed by atoms with Crippen LogP contribution < -0.4 is 4.74 Å². The molecule has 1 aliphatic heterocycles. The van der Waals surface area contributed by atoms with E-state index in [1.807, 2.05) is 30.3 Å². The molecular formula is C26H22BrNO4. The van der Waals surface area contributed by atoms with Crippen molar-refractivity contribution in [1.29, 1.82) is 0 Å². The average molecular weight is 492 g/mol. The van der Waals surface area contributed by atoms with Crippen molar-refractivity contribution in [2.45, 2.75) is 18.9 Å². The van der Waals surface area contributed by atoms with Crippen molar-refractivity contribution in [3.8, 4) is 5.75 Å². The normalized spacial score (nSPS) is 32.5. The summed E-state index contributed by atoms with van der Waals surface area (Å²) in [7, 11) is 0. The summed E-state index contributed by atoms with van der Waals surface area (Å²) in [6.07, 6.45) is 5.62. The minimum absolute atomic E-state index is 0.122. The molecule has 0 aromatic heterocycles. The fourth-order valence-electron chi connectivity index (χ4n) is 6.09. The van der Waals surface area contributed by atoms with Gasteiger partial charge >= 0.3 is 5.97 Å². The summed E-state index contributed by atoms with van der Waals surface area (Å²) in [6, 6.07) is 15.4. The van der Waals surface area contributed by atoms with Gasteiger partial charge in [-0.1, -0.05) is 58.4 Å². The van der Waals surface area contributed by atoms with Crippen LogP contribution >= 0.6 is 15.9 Å². The fraction of sp³-hybridized carbons (Fsp3) is 0.346. The molecule has 0 unspecified atom stereocenters. The Kier molecular flexibility index (Phi) is 4.61. The number of likely N-dealkylation sites (tertiary alicyclic amines) is 1. The Morgan fingerprint density at radius 1 is 0.938 bits per heavy atom. The zero-order chi connectivity index (χ0) is 22.0. The number of hydrogen-bond donors (Lipinski definition) is 0. The van der Waals surface area contributed by atoms with Gasteiger partial charge in [0, 0.05) is 10.9 Å². The number of carbonyl (C=O) groups is 3. The summed E-state index contributed by atoms with van der Waals surface area (Å²) in [4.78, 5) is 41.8. The molecule has 1 heterocycles. The van der Waals surface area contributed by atoms with Crippen molar-refractivity contribution in [2.75, 3.05) is 0 Å². The Bertz CT molecular complexity index is 1090. The Morgan fingerprint density at radius 2 is 1.53 bits per heavy atom. The minimum atomic E-state index is -0.984. The van der Waals surface area contributed by atoms with Crippen molar-refractivity contribution in [1.82, 2.24) is 4.90 Å². The molecule has 1 saturated heterocycles. The van der Waals surface area contributed by atoms with Crippen LogP contribution in [-0.4, -0.2) is 28.7 Å². The molecule has 7 rings (SSSR count). The zero-order valence-electron chi connectivity index (χ0n) is 17.3. The van der Waals surface area contributed by atoms with Crippen molar-refractivity contribution < 1.29 is 19.1 Å². The summed E-state index contributed by atoms with van der Waals surface area (Å²) in [5.74, 6) is -0.00218. The number of esters is 1. The van der Waals surface area contributed by atoms with E-state index in [4.69, 9.17) is 4.74 Å². The summed E-state index contributed by atoms with van der Waals surface area (Å²) in [6.45, 7) is 0. The van der Waals surface area contributed by atoms with E-state index in [0.717, 1.165) is 16.5 Å². The quantitative estimate of drug-likeness (QED) is 0.274. The predicted octanol–water partition coefficient (Wildman–Crippen LogP) is 4.02. The maximum Gasteiger partial charge on any atom is 0.335 e. The standard InChI is InChI=1S/C26H22BrNO4/c27-15-6-8-16(9-7-15)32-26(31)21(12-14-4-2-1-3-5-14)28-24(29)22-17-10-11-18(20-13-19(17)20)23(22)25(28)30/h1-11,17-23H,12-13H2/t17-,18-,19-,20-,21-,22-,23+/m1/s1. The molecule has 5 aliphatic rings. The first-order valence-corrected chi connectivity index (χ1v) is 11.9. The van der Waals surface area contributed by atoms with Crippen LogP contribution in [0.3, 0.4) is 0 Å². The zero-order valence-corrected chi connectivity index (χ0v) is 18.9. The van der Waals surface area contributed by atoms with Crippen molar-refractivity contribution >= 4 is 33.7 Å². The van der Waals surface area contributed by atoms with Crippen LogP contribution in [0.25, 0.3) is 0 Å². The number of allylic oxidation sites excluding steroid dienone is 2. The Morgan fingerprint density at radius 3 is 2.12 bits per heavy atom. The van der Waals surface area contributed by atoms with Gasteiger partial charge < -0.3 is 4.74 Å². The molecule has 2 saturated carbocycles. The highest BCUT2D eigenvalue weighted by Gasteiger charge is 2.68. The van der Waals surface area contributed by atoms with Crippen LogP contribution in [0.5, 0.6) is 5.75 Å². The molecule has 2 aromatic rings. The number of halogens is 1. The summed E-state index contributed by atoms with van der Waals surface area (Å²) >= 11 is 3.37. The predicted molar refractivity (Wildman–Crippen MR) is 120 cm³/mol. The third-order valence-electron chi connectivity index (χ3n) is 7.58. The molecule has 5 nitrogen and oxygen atoms in total. The second kappa shape index (κ2) is 7.41. The molecule has 2 amide bonds. The first kappa shape index (κ1) is 19.9. The SMILES string of the molecule is O=C(Oc1ccc(Br)cc1)[C@@H](Cc1ccccc1)N1C(=O)[C@@H]2[C@@H]3C=C[C@H]([C@H]4C[C@H]34)[C@@H]2C1=O. The van der Waals surface area contributed by atoms with Gasteiger partial charge in [-0.2, -0.15) is 0 Å². The molecule has 4 aliphatic carbocycles. The van der Waals surface area contributed by atoms with E-state index in [2.05, 4.69) is 28.1 Å². The second-order valence-electron chi connectivity index (χ2n) is 9.28. The van der Waals surface area contributed by atoms with Gasteiger partial charge in [0.25, 0.3) is 0 Å². The number of ether oxygens (including phenoxy) is 1. The molecule has 0 N–H and O–H groups in total. The number of carbonyl (C=O) groups excluding carboxylic acids is 3. The topological polar surface area (TPSA) is 63.7 Å². The summed E-state index contributed by atoms with van der Waals surface area (Å²) in [5.41, 5.74) is 0.879. The van der Waals surface area contributed by atoms with Crippen LogP contribution in [0.2, 0.25) is 0 Å². The third kappa shape index (κ3) is 3.07. The number of benzene rings is 2. The van der Waals surface area contributed by atoms with E-state index < -0.39 is 12.0 Å². The number of amides is 2.